The molecule has 0 unspecified atom stereocenters. The van der Waals surface area contributed by atoms with E-state index in [1.165, 1.54) is 5.69 Å². The van der Waals surface area contributed by atoms with E-state index in [9.17, 15) is 9.90 Å². The number of carbonyl (C=O) groups excluding carboxylic acids is 1. The van der Waals surface area contributed by atoms with Crippen molar-refractivity contribution in [1.29, 1.82) is 0 Å². The van der Waals surface area contributed by atoms with E-state index in [4.69, 9.17) is 0 Å². The van der Waals surface area contributed by atoms with Gasteiger partial charge < -0.3 is 14.8 Å². The molecule has 0 N–H and O–H groups in total. The van der Waals surface area contributed by atoms with Crippen molar-refractivity contribution in [1.82, 2.24) is 0 Å². The molecule has 0 radical (unpaired) electrons. The van der Waals surface area contributed by atoms with Crippen LogP contribution in [0.3, 0.4) is 0 Å². The average molecular weight is 346 g/mol. The summed E-state index contributed by atoms with van der Waals surface area (Å²) >= 11 is 0. The molecule has 0 aliphatic heterocycles. The molecular weight excluding hydrogens is 324 g/mol. The second-order valence-corrected chi connectivity index (χ2v) is 6.42. The van der Waals surface area contributed by atoms with Gasteiger partial charge in [0.2, 0.25) is 5.52 Å². The second-order valence-electron chi connectivity index (χ2n) is 6.42. The summed E-state index contributed by atoms with van der Waals surface area (Å²) in [6, 6.07) is 18.4. The van der Waals surface area contributed by atoms with Crippen LogP contribution in [0.25, 0.3) is 23.1 Å². The number of hydrogen-bond acceptors (Lipinski definition) is 3. The van der Waals surface area contributed by atoms with E-state index in [1.807, 2.05) is 49.1 Å². The first kappa shape index (κ1) is 17.7. The Balaban J connectivity index is 1.90. The Labute approximate surface area is 153 Å². The van der Waals surface area contributed by atoms with Gasteiger partial charge in [-0.1, -0.05) is 36.4 Å². The molecule has 3 rings (SSSR count). The first-order valence-electron chi connectivity index (χ1n) is 8.61. The van der Waals surface area contributed by atoms with Gasteiger partial charge in [-0.2, -0.15) is 4.57 Å². The van der Waals surface area contributed by atoms with E-state index >= 15 is 0 Å². The maximum Gasteiger partial charge on any atom is 0.213 e. The van der Waals surface area contributed by atoms with Crippen LogP contribution in [0.15, 0.2) is 60.8 Å². The lowest BCUT2D eigenvalue weighted by atomic mass is 10.1. The Morgan fingerprint density at radius 2 is 1.77 bits per heavy atom. The molecule has 2 aromatic carbocycles. The molecule has 0 aliphatic rings. The third-order valence-electron chi connectivity index (χ3n) is 4.38. The Morgan fingerprint density at radius 1 is 1.04 bits per heavy atom. The van der Waals surface area contributed by atoms with E-state index < -0.39 is 5.97 Å². The predicted octanol–water partition coefficient (Wildman–Crippen LogP) is 2.50. The Kier molecular flexibility index (Phi) is 5.32. The first-order chi connectivity index (χ1) is 12.5. The van der Waals surface area contributed by atoms with E-state index in [0.717, 1.165) is 22.0 Å². The number of carbonyl (C=O) groups is 1. The summed E-state index contributed by atoms with van der Waals surface area (Å²) in [7, 11) is 4.05. The van der Waals surface area contributed by atoms with Gasteiger partial charge in [0.15, 0.2) is 12.7 Å². The summed E-state index contributed by atoms with van der Waals surface area (Å²) in [6.07, 6.45) is 6.12. The van der Waals surface area contributed by atoms with E-state index in [0.29, 0.717) is 6.54 Å². The monoisotopic (exact) mass is 346 g/mol. The number of anilines is 1. The zero-order chi connectivity index (χ0) is 18.5. The van der Waals surface area contributed by atoms with Crippen LogP contribution in [0.5, 0.6) is 0 Å². The lowest BCUT2D eigenvalue weighted by Gasteiger charge is -2.11. The largest absolute Gasteiger partial charge is 0.550 e. The highest BCUT2D eigenvalue weighted by Crippen LogP contribution is 2.19. The molecule has 132 valence electrons. The van der Waals surface area contributed by atoms with Gasteiger partial charge in [-0.25, -0.2) is 0 Å². The van der Waals surface area contributed by atoms with Crippen LogP contribution in [-0.4, -0.2) is 20.1 Å². The van der Waals surface area contributed by atoms with E-state index in [-0.39, 0.29) is 6.42 Å². The molecule has 4 nitrogen and oxygen atoms in total. The number of pyridine rings is 1. The SMILES string of the molecule is CN(C)c1ccc(/C=C/c2cc[n+](CCC(=O)[O-])c3ccccc23)cc1. The molecule has 0 aliphatic carbocycles. The number of aliphatic carboxylic acids is 1. The fourth-order valence-electron chi connectivity index (χ4n) is 2.93. The van der Waals surface area contributed by atoms with Crippen LogP contribution >= 0.6 is 0 Å². The summed E-state index contributed by atoms with van der Waals surface area (Å²) in [5.41, 5.74) is 4.41. The Hall–Kier alpha value is -3.14. The van der Waals surface area contributed by atoms with Crippen LogP contribution in [0, 0.1) is 0 Å². The Morgan fingerprint density at radius 3 is 2.46 bits per heavy atom. The van der Waals surface area contributed by atoms with Crippen LogP contribution < -0.4 is 14.6 Å². The third-order valence-corrected chi connectivity index (χ3v) is 4.38. The number of para-hydroxylation sites is 1. The molecule has 0 fully saturated rings. The molecule has 26 heavy (non-hydrogen) atoms. The molecule has 1 heterocycles. The van der Waals surface area contributed by atoms with Gasteiger partial charge in [-0.05, 0) is 29.3 Å². The number of carboxylic acid groups (broad SMARTS) is 1. The maximum atomic E-state index is 10.8. The number of benzene rings is 2. The Bertz CT molecular complexity index is 944. The molecule has 4 heteroatoms. The number of nitrogens with zero attached hydrogens (tertiary/aromatic N) is 2. The van der Waals surface area contributed by atoms with Crippen molar-refractivity contribution in [2.45, 2.75) is 13.0 Å². The molecular formula is C22H22N2O2. The predicted molar refractivity (Wildman–Crippen MR) is 103 cm³/mol. The van der Waals surface area contributed by atoms with Gasteiger partial charge in [0.1, 0.15) is 0 Å². The zero-order valence-electron chi connectivity index (χ0n) is 15.1. The van der Waals surface area contributed by atoms with E-state index in [1.54, 1.807) is 0 Å². The number of hydrogen-bond donors (Lipinski definition) is 0. The molecule has 0 saturated carbocycles. The minimum atomic E-state index is -1.04. The number of aromatic nitrogens is 1. The number of aryl methyl sites for hydroxylation is 1. The van der Waals surface area contributed by atoms with Gasteiger partial charge in [-0.3, -0.25) is 0 Å². The van der Waals surface area contributed by atoms with Gasteiger partial charge in [0.25, 0.3) is 0 Å². The molecule has 0 spiro atoms. The van der Waals surface area contributed by atoms with Gasteiger partial charge >= 0.3 is 0 Å². The van der Waals surface area contributed by atoms with Gasteiger partial charge in [0, 0.05) is 44.3 Å². The van der Waals surface area contributed by atoms with Crippen molar-refractivity contribution in [3.8, 4) is 0 Å². The van der Waals surface area contributed by atoms with Crippen LogP contribution in [-0.2, 0) is 11.3 Å². The first-order valence-corrected chi connectivity index (χ1v) is 8.61. The quantitative estimate of drug-likeness (QED) is 0.644. The molecule has 0 saturated heterocycles. The molecule has 1 aromatic heterocycles. The normalized spacial score (nSPS) is 11.2. The van der Waals surface area contributed by atoms with Crippen LogP contribution in [0.1, 0.15) is 17.5 Å². The van der Waals surface area contributed by atoms with Crippen molar-refractivity contribution in [3.05, 3.63) is 71.9 Å². The lowest BCUT2D eigenvalue weighted by Crippen LogP contribution is -2.37. The van der Waals surface area contributed by atoms with Crippen molar-refractivity contribution >= 4 is 34.7 Å². The highest BCUT2D eigenvalue weighted by Gasteiger charge is 2.10. The second kappa shape index (κ2) is 7.83. The summed E-state index contributed by atoms with van der Waals surface area (Å²) in [5.74, 6) is -1.04. The molecule has 0 amide bonds. The number of carboxylic acids is 1. The molecule has 3 aromatic rings. The summed E-state index contributed by atoms with van der Waals surface area (Å²) < 4.78 is 1.95. The van der Waals surface area contributed by atoms with E-state index in [2.05, 4.69) is 47.4 Å². The highest BCUT2D eigenvalue weighted by atomic mass is 16.4. The maximum absolute atomic E-state index is 10.8. The van der Waals surface area contributed by atoms with Crippen LogP contribution in [0.4, 0.5) is 5.69 Å². The minimum absolute atomic E-state index is 0.00205. The number of fused-ring (bicyclic) bond motifs is 1. The topological polar surface area (TPSA) is 47.2 Å². The minimum Gasteiger partial charge on any atom is -0.550 e. The smallest absolute Gasteiger partial charge is 0.213 e. The standard InChI is InChI=1S/C22H22N2O2/c1-23(2)19-11-8-17(9-12-19)7-10-18-13-15-24(16-14-22(25)26)21-6-4-3-5-20(18)21/h3-13,15H,14,16H2,1-2H3. The summed E-state index contributed by atoms with van der Waals surface area (Å²) in [6.45, 7) is 0.402. The van der Waals surface area contributed by atoms with Gasteiger partial charge in [-0.15, -0.1) is 0 Å². The third kappa shape index (κ3) is 4.09. The zero-order valence-corrected chi connectivity index (χ0v) is 15.1. The molecule has 0 atom stereocenters. The highest BCUT2D eigenvalue weighted by molar-refractivity contribution is 5.88. The van der Waals surface area contributed by atoms with Gasteiger partial charge in [0.05, 0.1) is 5.39 Å². The van der Waals surface area contributed by atoms with Crippen molar-refractivity contribution in [2.75, 3.05) is 19.0 Å². The fourth-order valence-corrected chi connectivity index (χ4v) is 2.93. The van der Waals surface area contributed by atoms with Crippen molar-refractivity contribution in [3.63, 3.8) is 0 Å². The molecule has 0 bridgehead atoms. The van der Waals surface area contributed by atoms with Crippen molar-refractivity contribution in [2.24, 2.45) is 0 Å². The van der Waals surface area contributed by atoms with Crippen LogP contribution in [0.2, 0.25) is 0 Å². The number of rotatable bonds is 6. The summed E-state index contributed by atoms with van der Waals surface area (Å²) in [5, 5.41) is 11.9. The lowest BCUT2D eigenvalue weighted by molar-refractivity contribution is -0.671. The average Bonchev–Trinajstić information content (AvgIpc) is 2.65. The fraction of sp³-hybridized carbons (Fsp3) is 0.182. The summed E-state index contributed by atoms with van der Waals surface area (Å²) in [4.78, 5) is 12.8. The van der Waals surface area contributed by atoms with Crippen molar-refractivity contribution < 1.29 is 14.5 Å².